The van der Waals surface area contributed by atoms with Crippen LogP contribution in [0.4, 0.5) is 0 Å². The molecule has 0 aliphatic rings. The molecule has 0 aliphatic heterocycles. The van der Waals surface area contributed by atoms with Crippen LogP contribution in [0.15, 0.2) is 0 Å². The van der Waals surface area contributed by atoms with Crippen LogP contribution in [0.5, 0.6) is 0 Å². The topological polar surface area (TPSA) is 237 Å². The molecule has 5 atom stereocenters. The van der Waals surface area contributed by atoms with Gasteiger partial charge >= 0.3 is 39.5 Å². The van der Waals surface area contributed by atoms with Crippen molar-refractivity contribution in [2.24, 2.45) is 5.92 Å². The van der Waals surface area contributed by atoms with Gasteiger partial charge in [-0.15, -0.1) is 0 Å². The fraction of sp³-hybridized carbons (Fsp3) is 0.953. The minimum absolute atomic E-state index is 0.109. The lowest BCUT2D eigenvalue weighted by atomic mass is 10.0. The molecule has 0 aliphatic carbocycles. The van der Waals surface area contributed by atoms with E-state index in [-0.39, 0.29) is 25.7 Å². The number of ether oxygens (including phenoxy) is 4. The largest absolute Gasteiger partial charge is 0.472 e. The number of carbonyl (C=O) groups excluding carboxylic acids is 4. The van der Waals surface area contributed by atoms with Crippen molar-refractivity contribution in [1.82, 2.24) is 0 Å². The molecular formula is C85H166O17P2. The number of carbonyl (C=O) groups is 4. The molecule has 3 N–H and O–H groups in total. The highest BCUT2D eigenvalue weighted by atomic mass is 31.2. The van der Waals surface area contributed by atoms with Gasteiger partial charge in [0.2, 0.25) is 0 Å². The van der Waals surface area contributed by atoms with E-state index in [0.717, 1.165) is 95.8 Å². The summed E-state index contributed by atoms with van der Waals surface area (Å²) in [7, 11) is -9.92. The summed E-state index contributed by atoms with van der Waals surface area (Å²) in [6.45, 7) is 7.36. The first kappa shape index (κ1) is 102. The molecule has 0 fully saturated rings. The molecule has 0 amide bonds. The maximum atomic E-state index is 13.1. The molecule has 0 saturated heterocycles. The van der Waals surface area contributed by atoms with Crippen molar-refractivity contribution in [3.8, 4) is 0 Å². The van der Waals surface area contributed by atoms with E-state index >= 15 is 0 Å². The van der Waals surface area contributed by atoms with Crippen molar-refractivity contribution < 1.29 is 80.2 Å². The van der Waals surface area contributed by atoms with Gasteiger partial charge in [-0.1, -0.05) is 407 Å². The van der Waals surface area contributed by atoms with Crippen LogP contribution in [0.25, 0.3) is 0 Å². The van der Waals surface area contributed by atoms with E-state index < -0.39 is 97.5 Å². The average Bonchev–Trinajstić information content (AvgIpc) is 0.978. The first-order valence-electron chi connectivity index (χ1n) is 44.1. The third kappa shape index (κ3) is 78.2. The van der Waals surface area contributed by atoms with Crippen molar-refractivity contribution in [2.45, 2.75) is 477 Å². The number of unbranched alkanes of at least 4 members (excludes halogenated alkanes) is 57. The minimum Gasteiger partial charge on any atom is -0.462 e. The van der Waals surface area contributed by atoms with Crippen LogP contribution >= 0.6 is 15.6 Å². The lowest BCUT2D eigenvalue weighted by Gasteiger charge is -2.21. The lowest BCUT2D eigenvalue weighted by molar-refractivity contribution is -0.161. The first-order chi connectivity index (χ1) is 50.5. The Labute approximate surface area is 638 Å². The number of phosphoric acid groups is 2. The zero-order chi connectivity index (χ0) is 76.2. The van der Waals surface area contributed by atoms with Gasteiger partial charge in [0, 0.05) is 25.7 Å². The molecule has 19 heteroatoms. The molecule has 104 heavy (non-hydrogen) atoms. The Morgan fingerprint density at radius 3 is 0.654 bits per heavy atom. The molecular weight excluding hydrogens is 1350 g/mol. The molecule has 0 spiro atoms. The van der Waals surface area contributed by atoms with Crippen LogP contribution in [0.1, 0.15) is 458 Å². The summed E-state index contributed by atoms with van der Waals surface area (Å²) in [6.07, 6.45) is 71.0. The summed E-state index contributed by atoms with van der Waals surface area (Å²) in [5, 5.41) is 10.7. The fourth-order valence-corrected chi connectivity index (χ4v) is 14.9. The highest BCUT2D eigenvalue weighted by Gasteiger charge is 2.30. The van der Waals surface area contributed by atoms with Gasteiger partial charge in [-0.3, -0.25) is 37.3 Å². The second-order valence-corrected chi connectivity index (χ2v) is 34.0. The number of aliphatic hydroxyl groups is 1. The summed E-state index contributed by atoms with van der Waals surface area (Å²) in [6, 6.07) is 0. The Hall–Kier alpha value is -1.94. The van der Waals surface area contributed by atoms with E-state index in [2.05, 4.69) is 34.6 Å². The maximum absolute atomic E-state index is 13.1. The number of hydrogen-bond donors (Lipinski definition) is 3. The van der Waals surface area contributed by atoms with Crippen molar-refractivity contribution in [3.63, 3.8) is 0 Å². The molecule has 0 saturated carbocycles. The fourth-order valence-electron chi connectivity index (χ4n) is 13.3. The van der Waals surface area contributed by atoms with Crippen LogP contribution in [0.2, 0.25) is 0 Å². The second kappa shape index (κ2) is 77.8. The Kier molecular flexibility index (Phi) is 76.3. The molecule has 2 unspecified atom stereocenters. The van der Waals surface area contributed by atoms with Crippen molar-refractivity contribution in [1.29, 1.82) is 0 Å². The first-order valence-corrected chi connectivity index (χ1v) is 47.1. The van der Waals surface area contributed by atoms with E-state index in [1.165, 1.54) is 283 Å². The standard InChI is InChI=1S/C85H166O17P2/c1-6-9-12-15-18-21-23-25-27-29-30-31-32-33-34-38-43-47-51-56-61-66-71-85(90)102-81(75-96-83(88)69-64-59-54-49-45-41-39-35-36-40-44-48-52-57-62-67-78(4)5)77-100-104(93,94)98-73-79(86)72-97-103(91,92)99-76-80(74-95-82(87)68-63-58-53-20-17-14-11-8-3)101-84(89)70-65-60-55-50-46-42-37-28-26-24-22-19-16-13-10-7-2/h78-81,86H,6-77H2,1-5H3,(H,91,92)(H,93,94)/t79-,80+,81+/m0/s1. The normalized spacial score (nSPS) is 13.8. The molecule has 0 heterocycles. The predicted octanol–water partition coefficient (Wildman–Crippen LogP) is 26.0. The monoisotopic (exact) mass is 1520 g/mol. The quantitative estimate of drug-likeness (QED) is 0.0222. The van der Waals surface area contributed by atoms with Gasteiger partial charge in [-0.05, 0) is 31.6 Å². The van der Waals surface area contributed by atoms with E-state index in [1.54, 1.807) is 0 Å². The zero-order valence-electron chi connectivity index (χ0n) is 68.2. The molecule has 618 valence electrons. The van der Waals surface area contributed by atoms with Crippen LogP contribution in [-0.2, 0) is 65.4 Å². The summed E-state index contributed by atoms with van der Waals surface area (Å²) in [5.74, 6) is -1.30. The number of phosphoric ester groups is 2. The second-order valence-electron chi connectivity index (χ2n) is 31.1. The van der Waals surface area contributed by atoms with Crippen molar-refractivity contribution in [2.75, 3.05) is 39.6 Å². The molecule has 17 nitrogen and oxygen atoms in total. The van der Waals surface area contributed by atoms with Crippen LogP contribution < -0.4 is 0 Å². The smallest absolute Gasteiger partial charge is 0.462 e. The van der Waals surface area contributed by atoms with Gasteiger partial charge in [0.05, 0.1) is 26.4 Å². The molecule has 0 aromatic heterocycles. The van der Waals surface area contributed by atoms with Gasteiger partial charge in [0.1, 0.15) is 19.3 Å². The van der Waals surface area contributed by atoms with Gasteiger partial charge in [0.15, 0.2) is 12.2 Å². The molecule has 0 aromatic carbocycles. The van der Waals surface area contributed by atoms with Gasteiger partial charge in [-0.2, -0.15) is 0 Å². The maximum Gasteiger partial charge on any atom is 0.472 e. The third-order valence-corrected chi connectivity index (χ3v) is 21.9. The molecule has 0 radical (unpaired) electrons. The van der Waals surface area contributed by atoms with Crippen LogP contribution in [-0.4, -0.2) is 96.7 Å². The summed E-state index contributed by atoms with van der Waals surface area (Å²) < 4.78 is 68.8. The number of rotatable bonds is 85. The van der Waals surface area contributed by atoms with E-state index in [0.29, 0.717) is 25.7 Å². The Morgan fingerprint density at radius 2 is 0.442 bits per heavy atom. The lowest BCUT2D eigenvalue weighted by Crippen LogP contribution is -2.30. The highest BCUT2D eigenvalue weighted by molar-refractivity contribution is 7.47. The SMILES string of the molecule is CCCCCCCCCCCCCCCCCCCCCCCCC(=O)O[C@H](COC(=O)CCCCCCCCCCCCCCCCCC(C)C)COP(=O)(O)OC[C@@H](O)COP(=O)(O)OC[C@@H](COC(=O)CCCCCCCCCC)OC(=O)CCCCCCCCCCCCCCCCCC. The predicted molar refractivity (Wildman–Crippen MR) is 428 cm³/mol. The van der Waals surface area contributed by atoms with E-state index in [4.69, 9.17) is 37.0 Å². The number of esters is 4. The Balaban J connectivity index is 5.18. The minimum atomic E-state index is -4.96. The average molecular weight is 1520 g/mol. The van der Waals surface area contributed by atoms with Gasteiger partial charge < -0.3 is 33.8 Å². The van der Waals surface area contributed by atoms with Gasteiger partial charge in [-0.25, -0.2) is 9.13 Å². The van der Waals surface area contributed by atoms with E-state index in [1.807, 2.05) is 0 Å². The van der Waals surface area contributed by atoms with Crippen molar-refractivity contribution in [3.05, 3.63) is 0 Å². The number of hydrogen-bond acceptors (Lipinski definition) is 15. The van der Waals surface area contributed by atoms with Crippen LogP contribution in [0.3, 0.4) is 0 Å². The van der Waals surface area contributed by atoms with Crippen LogP contribution in [0, 0.1) is 5.92 Å². The summed E-state index contributed by atoms with van der Waals surface area (Å²) in [5.41, 5.74) is 0. The Bertz CT molecular complexity index is 1980. The zero-order valence-corrected chi connectivity index (χ0v) is 70.0. The van der Waals surface area contributed by atoms with E-state index in [9.17, 15) is 43.2 Å². The van der Waals surface area contributed by atoms with Crippen molar-refractivity contribution >= 4 is 39.5 Å². The molecule has 0 aromatic rings. The Morgan fingerprint density at radius 1 is 0.260 bits per heavy atom. The summed E-state index contributed by atoms with van der Waals surface area (Å²) in [4.78, 5) is 73.1. The molecule has 0 rings (SSSR count). The van der Waals surface area contributed by atoms with Gasteiger partial charge in [0.25, 0.3) is 0 Å². The number of aliphatic hydroxyl groups excluding tert-OH is 1. The summed E-state index contributed by atoms with van der Waals surface area (Å²) >= 11 is 0. The molecule has 0 bridgehead atoms. The third-order valence-electron chi connectivity index (χ3n) is 20.0. The highest BCUT2D eigenvalue weighted by Crippen LogP contribution is 2.45.